The smallest absolute Gasteiger partial charge is 0.336 e. The van der Waals surface area contributed by atoms with Gasteiger partial charge in [-0.15, -0.1) is 0 Å². The number of aryl methyl sites for hydroxylation is 1. The van der Waals surface area contributed by atoms with E-state index in [1.165, 1.54) is 6.07 Å². The highest BCUT2D eigenvalue weighted by molar-refractivity contribution is 6.23. The molecule has 0 saturated heterocycles. The van der Waals surface area contributed by atoms with E-state index in [1.54, 1.807) is 18.2 Å². The number of aromatic nitrogens is 1. The zero-order chi connectivity index (χ0) is 18.3. The van der Waals surface area contributed by atoms with Crippen LogP contribution in [-0.4, -0.2) is 21.8 Å². The summed E-state index contributed by atoms with van der Waals surface area (Å²) in [6.07, 6.45) is 0.682. The first kappa shape index (κ1) is 16.1. The summed E-state index contributed by atoms with van der Waals surface area (Å²) in [6.45, 7) is 1.99. The van der Waals surface area contributed by atoms with Crippen LogP contribution in [0.1, 0.15) is 38.8 Å². The molecule has 0 aliphatic heterocycles. The number of hydrogen-bond acceptors (Lipinski definition) is 2. The van der Waals surface area contributed by atoms with Gasteiger partial charge in [-0.05, 0) is 24.1 Å². The lowest BCUT2D eigenvalue weighted by molar-refractivity contribution is 0.0693. The molecular formula is C22H17NO3. The molecule has 1 heterocycles. The highest BCUT2D eigenvalue weighted by Gasteiger charge is 2.23. The fraction of sp³-hybridized carbons (Fsp3) is 0.0909. The van der Waals surface area contributed by atoms with Crippen LogP contribution in [0.15, 0.2) is 60.7 Å². The van der Waals surface area contributed by atoms with Crippen LogP contribution in [0.4, 0.5) is 0 Å². The summed E-state index contributed by atoms with van der Waals surface area (Å²) in [7, 11) is 0. The van der Waals surface area contributed by atoms with Crippen molar-refractivity contribution in [1.82, 2.24) is 4.98 Å². The summed E-state index contributed by atoms with van der Waals surface area (Å²) < 4.78 is 0. The number of carbonyl (C=O) groups excluding carboxylic acids is 1. The molecule has 0 fully saturated rings. The number of para-hydroxylation sites is 1. The molecule has 4 rings (SSSR count). The number of benzene rings is 3. The van der Waals surface area contributed by atoms with Gasteiger partial charge in [0, 0.05) is 27.4 Å². The summed E-state index contributed by atoms with van der Waals surface area (Å²) in [6, 6.07) is 18.2. The van der Waals surface area contributed by atoms with Crippen LogP contribution >= 0.6 is 0 Å². The number of carboxylic acid groups (broad SMARTS) is 1. The number of fused-ring (bicyclic) bond motifs is 3. The maximum absolute atomic E-state index is 13.4. The summed E-state index contributed by atoms with van der Waals surface area (Å²) in [5.74, 6) is -1.37. The third kappa shape index (κ3) is 2.39. The third-order valence-corrected chi connectivity index (χ3v) is 4.78. The van der Waals surface area contributed by atoms with Crippen molar-refractivity contribution in [2.24, 2.45) is 0 Å². The van der Waals surface area contributed by atoms with E-state index in [-0.39, 0.29) is 16.9 Å². The Morgan fingerprint density at radius 2 is 1.58 bits per heavy atom. The van der Waals surface area contributed by atoms with Crippen LogP contribution < -0.4 is 0 Å². The lowest BCUT2D eigenvalue weighted by Crippen LogP contribution is -2.12. The van der Waals surface area contributed by atoms with E-state index in [0.29, 0.717) is 12.0 Å². The zero-order valence-electron chi connectivity index (χ0n) is 14.2. The quantitative estimate of drug-likeness (QED) is 0.522. The second-order valence-corrected chi connectivity index (χ2v) is 6.23. The standard InChI is InChI=1S/C22H17NO3/c1-2-13-11-12-15-14-7-5-6-10-18(14)23-20(15)19(13)21(24)16-8-3-4-9-17(16)22(25)26/h3-12,23H,2H2,1H3,(H,25,26). The Bertz CT molecular complexity index is 1170. The second-order valence-electron chi connectivity index (χ2n) is 6.23. The minimum Gasteiger partial charge on any atom is -0.478 e. The molecule has 3 aromatic carbocycles. The fourth-order valence-electron chi connectivity index (χ4n) is 3.52. The molecule has 4 aromatic rings. The number of aromatic carboxylic acids is 1. The van der Waals surface area contributed by atoms with Crippen LogP contribution in [0.3, 0.4) is 0 Å². The molecule has 0 amide bonds. The van der Waals surface area contributed by atoms with E-state index in [9.17, 15) is 14.7 Å². The molecule has 0 bridgehead atoms. The average molecular weight is 343 g/mol. The van der Waals surface area contributed by atoms with Crippen molar-refractivity contribution < 1.29 is 14.7 Å². The van der Waals surface area contributed by atoms with Gasteiger partial charge in [0.2, 0.25) is 0 Å². The lowest BCUT2D eigenvalue weighted by atomic mass is 9.92. The van der Waals surface area contributed by atoms with Gasteiger partial charge in [-0.1, -0.05) is 55.5 Å². The number of rotatable bonds is 4. The van der Waals surface area contributed by atoms with Gasteiger partial charge in [-0.3, -0.25) is 4.79 Å². The van der Waals surface area contributed by atoms with Crippen molar-refractivity contribution in [3.05, 3.63) is 82.9 Å². The number of carbonyl (C=O) groups is 2. The Hall–Kier alpha value is -3.40. The van der Waals surface area contributed by atoms with Crippen LogP contribution in [0.2, 0.25) is 0 Å². The summed E-state index contributed by atoms with van der Waals surface area (Å²) in [5.41, 5.74) is 3.39. The van der Waals surface area contributed by atoms with Crippen molar-refractivity contribution in [2.45, 2.75) is 13.3 Å². The van der Waals surface area contributed by atoms with Crippen molar-refractivity contribution >= 4 is 33.6 Å². The minimum atomic E-state index is -1.10. The summed E-state index contributed by atoms with van der Waals surface area (Å²) >= 11 is 0. The Balaban J connectivity index is 2.04. The molecule has 1 aromatic heterocycles. The van der Waals surface area contributed by atoms with E-state index >= 15 is 0 Å². The van der Waals surface area contributed by atoms with Crippen molar-refractivity contribution in [1.29, 1.82) is 0 Å². The summed E-state index contributed by atoms with van der Waals surface area (Å²) in [5, 5.41) is 11.5. The Labute approximate surface area is 150 Å². The van der Waals surface area contributed by atoms with Gasteiger partial charge in [-0.25, -0.2) is 4.79 Å². The molecule has 4 heteroatoms. The molecular weight excluding hydrogens is 326 g/mol. The van der Waals surface area contributed by atoms with Crippen LogP contribution in [0.5, 0.6) is 0 Å². The molecule has 128 valence electrons. The van der Waals surface area contributed by atoms with Gasteiger partial charge in [0.1, 0.15) is 0 Å². The Morgan fingerprint density at radius 3 is 2.31 bits per heavy atom. The predicted molar refractivity (Wildman–Crippen MR) is 102 cm³/mol. The van der Waals surface area contributed by atoms with Crippen LogP contribution in [0.25, 0.3) is 21.8 Å². The van der Waals surface area contributed by atoms with Gasteiger partial charge in [-0.2, -0.15) is 0 Å². The monoisotopic (exact) mass is 343 g/mol. The largest absolute Gasteiger partial charge is 0.478 e. The number of aromatic amines is 1. The number of ketones is 1. The average Bonchev–Trinajstić information content (AvgIpc) is 3.05. The maximum Gasteiger partial charge on any atom is 0.336 e. The molecule has 0 atom stereocenters. The van der Waals surface area contributed by atoms with E-state index in [4.69, 9.17) is 0 Å². The fourth-order valence-corrected chi connectivity index (χ4v) is 3.52. The highest BCUT2D eigenvalue weighted by atomic mass is 16.4. The van der Waals surface area contributed by atoms with Crippen LogP contribution in [-0.2, 0) is 6.42 Å². The van der Waals surface area contributed by atoms with E-state index in [0.717, 1.165) is 27.4 Å². The molecule has 0 aliphatic carbocycles. The molecule has 0 radical (unpaired) electrons. The molecule has 0 saturated carbocycles. The first-order valence-electron chi connectivity index (χ1n) is 8.51. The second kappa shape index (κ2) is 6.15. The van der Waals surface area contributed by atoms with E-state index in [1.807, 2.05) is 43.3 Å². The molecule has 4 nitrogen and oxygen atoms in total. The zero-order valence-corrected chi connectivity index (χ0v) is 14.2. The number of nitrogens with one attached hydrogen (secondary N) is 1. The first-order valence-corrected chi connectivity index (χ1v) is 8.51. The molecule has 2 N–H and O–H groups in total. The van der Waals surface area contributed by atoms with Gasteiger partial charge in [0.25, 0.3) is 0 Å². The number of H-pyrrole nitrogens is 1. The van der Waals surface area contributed by atoms with Crippen molar-refractivity contribution in [3.8, 4) is 0 Å². The highest BCUT2D eigenvalue weighted by Crippen LogP contribution is 2.31. The van der Waals surface area contributed by atoms with Gasteiger partial charge >= 0.3 is 5.97 Å². The maximum atomic E-state index is 13.4. The number of hydrogen-bond donors (Lipinski definition) is 2. The normalized spacial score (nSPS) is 11.1. The topological polar surface area (TPSA) is 70.2 Å². The van der Waals surface area contributed by atoms with E-state index in [2.05, 4.69) is 4.98 Å². The Kier molecular flexibility index (Phi) is 3.81. The van der Waals surface area contributed by atoms with Gasteiger partial charge in [0.15, 0.2) is 5.78 Å². The van der Waals surface area contributed by atoms with E-state index < -0.39 is 5.97 Å². The first-order chi connectivity index (χ1) is 12.6. The molecule has 0 aliphatic rings. The number of carboxylic acids is 1. The van der Waals surface area contributed by atoms with Crippen molar-refractivity contribution in [2.75, 3.05) is 0 Å². The summed E-state index contributed by atoms with van der Waals surface area (Å²) in [4.78, 5) is 28.3. The molecule has 0 unspecified atom stereocenters. The molecule has 0 spiro atoms. The third-order valence-electron chi connectivity index (χ3n) is 4.78. The van der Waals surface area contributed by atoms with Gasteiger partial charge in [0.05, 0.1) is 11.1 Å². The lowest BCUT2D eigenvalue weighted by Gasteiger charge is -2.11. The van der Waals surface area contributed by atoms with Crippen LogP contribution in [0, 0.1) is 0 Å². The van der Waals surface area contributed by atoms with Gasteiger partial charge < -0.3 is 10.1 Å². The SMILES string of the molecule is CCc1ccc2c([nH]c3ccccc32)c1C(=O)c1ccccc1C(=O)O. The molecule has 26 heavy (non-hydrogen) atoms. The minimum absolute atomic E-state index is 0.0210. The Morgan fingerprint density at radius 1 is 0.885 bits per heavy atom. The predicted octanol–water partition coefficient (Wildman–Crippen LogP) is 4.81. The van der Waals surface area contributed by atoms with Crippen molar-refractivity contribution in [3.63, 3.8) is 0 Å².